The second-order valence-corrected chi connectivity index (χ2v) is 15.6. The van der Waals surface area contributed by atoms with Crippen molar-refractivity contribution in [2.45, 2.75) is 110 Å². The predicted molar refractivity (Wildman–Crippen MR) is 213 cm³/mol. The van der Waals surface area contributed by atoms with Crippen LogP contribution >= 0.6 is 0 Å². The van der Waals surface area contributed by atoms with Crippen molar-refractivity contribution < 1.29 is 14.3 Å². The van der Waals surface area contributed by atoms with E-state index < -0.39 is 5.41 Å². The summed E-state index contributed by atoms with van der Waals surface area (Å²) in [6.45, 7) is 9.84. The van der Waals surface area contributed by atoms with Gasteiger partial charge in [-0.1, -0.05) is 75.1 Å². The van der Waals surface area contributed by atoms with Crippen LogP contribution < -0.4 is 10.1 Å². The Morgan fingerprint density at radius 2 is 1.67 bits per heavy atom. The smallest absolute Gasteiger partial charge is 0.251 e. The van der Waals surface area contributed by atoms with Crippen LogP contribution in [0.5, 0.6) is 5.75 Å². The van der Waals surface area contributed by atoms with Gasteiger partial charge in [0.15, 0.2) is 0 Å². The Kier molecular flexibility index (Phi) is 11.5. The van der Waals surface area contributed by atoms with Gasteiger partial charge in [-0.2, -0.15) is 0 Å². The Morgan fingerprint density at radius 3 is 2.31 bits per heavy atom. The lowest BCUT2D eigenvalue weighted by Crippen LogP contribution is -2.48. The number of carbonyl (C=O) groups excluding carboxylic acids is 2. The second kappa shape index (κ2) is 15.9. The van der Waals surface area contributed by atoms with E-state index in [1.807, 2.05) is 38.1 Å². The van der Waals surface area contributed by atoms with Crippen LogP contribution in [0.25, 0.3) is 22.2 Å². The molecular weight excluding hydrogens is 645 g/mol. The third-order valence-electron chi connectivity index (χ3n) is 12.0. The Hall–Kier alpha value is -4.10. The molecule has 3 aromatic carbocycles. The molecule has 278 valence electrons. The maximum atomic E-state index is 15.0. The average molecular weight is 705 g/mol. The van der Waals surface area contributed by atoms with Gasteiger partial charge in [0.1, 0.15) is 5.75 Å². The first-order valence-electron chi connectivity index (χ1n) is 19.7. The summed E-state index contributed by atoms with van der Waals surface area (Å²) in [6.07, 6.45) is 9.09. The monoisotopic (exact) mass is 704 g/mol. The van der Waals surface area contributed by atoms with Crippen molar-refractivity contribution in [2.24, 2.45) is 5.41 Å². The van der Waals surface area contributed by atoms with Gasteiger partial charge < -0.3 is 24.4 Å². The molecule has 2 saturated carbocycles. The van der Waals surface area contributed by atoms with Crippen molar-refractivity contribution >= 4 is 22.7 Å². The van der Waals surface area contributed by atoms with Crippen LogP contribution in [0.4, 0.5) is 0 Å². The van der Waals surface area contributed by atoms with E-state index in [0.717, 1.165) is 37.1 Å². The molecule has 4 atom stereocenters. The molecule has 1 saturated heterocycles. The molecule has 7 nitrogen and oxygen atoms in total. The van der Waals surface area contributed by atoms with E-state index in [0.29, 0.717) is 23.9 Å². The summed E-state index contributed by atoms with van der Waals surface area (Å²) < 4.78 is 8.20. The maximum absolute atomic E-state index is 15.0. The molecular formula is C45H60N4O3. The van der Waals surface area contributed by atoms with Crippen LogP contribution in [0.15, 0.2) is 66.7 Å². The van der Waals surface area contributed by atoms with Gasteiger partial charge in [-0.25, -0.2) is 0 Å². The van der Waals surface area contributed by atoms with Crippen molar-refractivity contribution in [3.63, 3.8) is 0 Å². The number of likely N-dealkylation sites (tertiary alicyclic amines) is 1. The number of hydrogen-bond acceptors (Lipinski definition) is 4. The molecule has 4 aliphatic rings. The second-order valence-electron chi connectivity index (χ2n) is 15.6. The highest BCUT2D eigenvalue weighted by Gasteiger charge is 2.65. The molecule has 2 aliphatic carbocycles. The number of methoxy groups -OCH3 is 1. The molecule has 8 rings (SSSR count). The van der Waals surface area contributed by atoms with E-state index in [4.69, 9.17) is 4.74 Å². The molecule has 1 N–H and O–H groups in total. The van der Waals surface area contributed by atoms with Gasteiger partial charge in [0.25, 0.3) is 5.91 Å². The van der Waals surface area contributed by atoms with E-state index in [2.05, 4.69) is 90.1 Å². The largest absolute Gasteiger partial charge is 0.497 e. The highest BCUT2D eigenvalue weighted by molar-refractivity contribution is 6.02. The molecule has 0 bridgehead atoms. The molecule has 7 heteroatoms. The Balaban J connectivity index is 0.000000458. The van der Waals surface area contributed by atoms with Crippen molar-refractivity contribution in [1.82, 2.24) is 19.7 Å². The Labute approximate surface area is 311 Å². The molecule has 0 spiro atoms. The van der Waals surface area contributed by atoms with E-state index in [-0.39, 0.29) is 23.9 Å². The van der Waals surface area contributed by atoms with Crippen LogP contribution in [-0.2, 0) is 11.3 Å². The fourth-order valence-electron chi connectivity index (χ4n) is 9.40. The topological polar surface area (TPSA) is 66.8 Å². The lowest BCUT2D eigenvalue weighted by molar-refractivity contribution is -0.140. The van der Waals surface area contributed by atoms with Crippen LogP contribution in [0.1, 0.15) is 111 Å². The number of aromatic nitrogens is 1. The minimum absolute atomic E-state index is 0.0806. The number of fused-ring (bicyclic) bond motifs is 7. The zero-order valence-electron chi connectivity index (χ0n) is 32.8. The minimum Gasteiger partial charge on any atom is -0.497 e. The highest BCUT2D eigenvalue weighted by atomic mass is 16.5. The normalized spacial score (nSPS) is 23.2. The quantitative estimate of drug-likeness (QED) is 0.218. The van der Waals surface area contributed by atoms with E-state index in [1.165, 1.54) is 65.4 Å². The van der Waals surface area contributed by atoms with Gasteiger partial charge in [-0.3, -0.25) is 9.59 Å². The van der Waals surface area contributed by atoms with Gasteiger partial charge in [0.2, 0.25) is 5.91 Å². The lowest BCUT2D eigenvalue weighted by atomic mass is 9.81. The number of rotatable bonds is 6. The number of carbonyl (C=O) groups is 2. The summed E-state index contributed by atoms with van der Waals surface area (Å²) in [4.78, 5) is 32.3. The van der Waals surface area contributed by atoms with Crippen LogP contribution in [0.2, 0.25) is 0 Å². The number of ether oxygens (including phenoxy) is 1. The number of amides is 2. The number of nitrogens with one attached hydrogen (secondary N) is 1. The maximum Gasteiger partial charge on any atom is 0.251 e. The van der Waals surface area contributed by atoms with Crippen molar-refractivity contribution in [1.29, 1.82) is 0 Å². The number of nitrogens with zero attached hydrogens (tertiary/aromatic N) is 3. The summed E-state index contributed by atoms with van der Waals surface area (Å²) in [5.74, 6) is 1.69. The predicted octanol–water partition coefficient (Wildman–Crippen LogP) is 9.17. The lowest BCUT2D eigenvalue weighted by Gasteiger charge is -2.34. The van der Waals surface area contributed by atoms with Crippen molar-refractivity contribution in [3.8, 4) is 17.0 Å². The van der Waals surface area contributed by atoms with E-state index in [9.17, 15) is 9.59 Å². The first kappa shape index (κ1) is 37.7. The molecule has 2 aliphatic heterocycles. The number of aryl methyl sites for hydroxylation is 1. The zero-order chi connectivity index (χ0) is 37.2. The van der Waals surface area contributed by atoms with E-state index >= 15 is 0 Å². The van der Waals surface area contributed by atoms with E-state index in [1.54, 1.807) is 14.2 Å². The van der Waals surface area contributed by atoms with Gasteiger partial charge in [0, 0.05) is 60.2 Å². The third-order valence-corrected chi connectivity index (χ3v) is 12.0. The van der Waals surface area contributed by atoms with Crippen LogP contribution in [0.3, 0.4) is 0 Å². The first-order chi connectivity index (χ1) is 25.2. The molecule has 1 aromatic heterocycles. The zero-order valence-corrected chi connectivity index (χ0v) is 32.8. The molecule has 52 heavy (non-hydrogen) atoms. The third kappa shape index (κ3) is 7.01. The molecule has 0 radical (unpaired) electrons. The first-order valence-corrected chi connectivity index (χ1v) is 19.7. The fraction of sp³-hybridized carbons (Fsp3) is 0.511. The summed E-state index contributed by atoms with van der Waals surface area (Å²) in [7, 11) is 7.62. The number of likely N-dealkylation sites (N-methyl/N-ethyl adjacent to an activating group) is 1. The highest BCUT2D eigenvalue weighted by Crippen LogP contribution is 2.66. The summed E-state index contributed by atoms with van der Waals surface area (Å²) in [5, 5.41) is 4.05. The molecule has 4 unspecified atom stereocenters. The van der Waals surface area contributed by atoms with Gasteiger partial charge in [-0.05, 0) is 107 Å². The summed E-state index contributed by atoms with van der Waals surface area (Å²) in [5.41, 5.74) is 7.70. The summed E-state index contributed by atoms with van der Waals surface area (Å²) in [6, 6.07) is 23.5. The SMILES string of the molecule is CC.CNC(=O)c1ccc2c(C3CCCCC3)c3n(c2c1)CC1(C(=O)N2C(C)CCC2CN(C)C)CC1c1cc(OC)ccc1-3.Cc1ccccc1. The number of hydrogen-bond donors (Lipinski definition) is 1. The molecule has 3 fully saturated rings. The Bertz CT molecular complexity index is 1870. The van der Waals surface area contributed by atoms with Gasteiger partial charge >= 0.3 is 0 Å². The van der Waals surface area contributed by atoms with Crippen LogP contribution in [-0.4, -0.2) is 73.1 Å². The number of benzene rings is 3. The molecule has 3 heterocycles. The van der Waals surface area contributed by atoms with Gasteiger partial charge in [0.05, 0.1) is 18.2 Å². The average Bonchev–Trinajstić information content (AvgIpc) is 3.71. The minimum atomic E-state index is -0.506. The summed E-state index contributed by atoms with van der Waals surface area (Å²) >= 11 is 0. The molecule has 2 amide bonds. The fourth-order valence-corrected chi connectivity index (χ4v) is 9.40. The molecule has 4 aromatic rings. The van der Waals surface area contributed by atoms with Gasteiger partial charge in [-0.15, -0.1) is 0 Å². The van der Waals surface area contributed by atoms with Crippen LogP contribution in [0, 0.1) is 12.3 Å². The van der Waals surface area contributed by atoms with Crippen molar-refractivity contribution in [3.05, 3.63) is 89.0 Å². The Morgan fingerprint density at radius 1 is 0.942 bits per heavy atom. The van der Waals surface area contributed by atoms with Crippen molar-refractivity contribution in [2.75, 3.05) is 34.8 Å². The standard InChI is InChI=1S/C36H46N4O3.C7H8.C2H6/c1-22-11-13-25(20-38(3)4)40(22)35(42)36-19-30(36)29-18-26(43-5)14-16-27(29)33-32(23-9-7-6-8-10-23)28-15-12-24(34(41)37-2)17-31(28)39(33)21-36;1-7-5-3-2-4-6-7;1-2/h12,14-18,22-23,25,30H,6-11,13,19-21H2,1-5H3,(H,37,41);2-6H,1H3;1-2H3.